The number of methoxy groups -OCH3 is 1. The molecule has 3 atom stereocenters. The number of alkyl carbamates (subject to hydrolysis) is 1. The number of aromatic hydroxyl groups is 1. The summed E-state index contributed by atoms with van der Waals surface area (Å²) in [7, 11) is 1.10. The van der Waals surface area contributed by atoms with Crippen molar-refractivity contribution in [2.24, 2.45) is 0 Å². The summed E-state index contributed by atoms with van der Waals surface area (Å²) in [4.78, 5) is 65.6. The zero-order chi connectivity index (χ0) is 43.3. The molecule has 0 unspecified atom stereocenters. The van der Waals surface area contributed by atoms with E-state index in [9.17, 15) is 42.3 Å². The first kappa shape index (κ1) is 45.6. The lowest BCUT2D eigenvalue weighted by Gasteiger charge is -2.26. The third kappa shape index (κ3) is 15.0. The summed E-state index contributed by atoms with van der Waals surface area (Å²) >= 11 is 3.13. The summed E-state index contributed by atoms with van der Waals surface area (Å²) in [5, 5.41) is 19.4. The van der Waals surface area contributed by atoms with E-state index < -0.39 is 59.7 Å². The topological polar surface area (TPSA) is 181 Å². The molecule has 0 fully saturated rings. The van der Waals surface area contributed by atoms with Crippen LogP contribution in [0.25, 0.3) is 0 Å². The highest BCUT2D eigenvalue weighted by atomic mass is 79.9. The molecule has 0 aliphatic heterocycles. The first-order chi connectivity index (χ1) is 27.8. The number of hydrogen-bond acceptors (Lipinski definition) is 9. The summed E-state index contributed by atoms with van der Waals surface area (Å²) in [5.74, 6) is -4.11. The van der Waals surface area contributed by atoms with Crippen molar-refractivity contribution >= 4 is 51.4 Å². The van der Waals surface area contributed by atoms with Crippen LogP contribution in [0.5, 0.6) is 11.5 Å². The van der Waals surface area contributed by atoms with Crippen molar-refractivity contribution in [2.75, 3.05) is 12.4 Å². The number of halogens is 4. The maximum absolute atomic E-state index is 14.1. The number of amides is 4. The summed E-state index contributed by atoms with van der Waals surface area (Å²) in [6.07, 6.45) is -6.39. The van der Waals surface area contributed by atoms with Crippen LogP contribution in [-0.4, -0.2) is 71.9 Å². The Labute approximate surface area is 347 Å². The molecule has 0 aliphatic carbocycles. The van der Waals surface area contributed by atoms with Gasteiger partial charge in [-0.05, 0) is 95.4 Å². The molecule has 0 saturated heterocycles. The van der Waals surface area contributed by atoms with Crippen LogP contribution in [0.1, 0.15) is 43.0 Å². The van der Waals surface area contributed by atoms with Crippen LogP contribution in [0.2, 0.25) is 0 Å². The van der Waals surface area contributed by atoms with Crippen molar-refractivity contribution in [3.05, 3.63) is 124 Å². The van der Waals surface area contributed by atoms with Gasteiger partial charge in [0.25, 0.3) is 0 Å². The highest BCUT2D eigenvalue weighted by Gasteiger charge is 2.39. The predicted octanol–water partition coefficient (Wildman–Crippen LogP) is 6.30. The molecule has 59 heavy (non-hydrogen) atoms. The van der Waals surface area contributed by atoms with Gasteiger partial charge in [0.2, 0.25) is 11.8 Å². The molecule has 0 aromatic heterocycles. The normalized spacial score (nSPS) is 12.9. The Bertz CT molecular complexity index is 2080. The second kappa shape index (κ2) is 20.5. The Morgan fingerprint density at radius 1 is 0.695 bits per heavy atom. The number of carbonyl (C=O) groups is 5. The Morgan fingerprint density at radius 3 is 1.76 bits per heavy atom. The number of rotatable bonds is 16. The molecule has 0 radical (unpaired) electrons. The lowest BCUT2D eigenvalue weighted by molar-refractivity contribution is -0.167. The highest BCUT2D eigenvalue weighted by Crippen LogP contribution is 2.27. The van der Waals surface area contributed by atoms with Crippen LogP contribution >= 0.6 is 15.9 Å². The zero-order valence-corrected chi connectivity index (χ0v) is 34.1. The van der Waals surface area contributed by atoms with Gasteiger partial charge in [-0.1, -0.05) is 60.7 Å². The maximum atomic E-state index is 14.1. The zero-order valence-electron chi connectivity index (χ0n) is 32.5. The predicted molar refractivity (Wildman–Crippen MR) is 214 cm³/mol. The molecule has 4 rings (SSSR count). The van der Waals surface area contributed by atoms with Gasteiger partial charge in [0.15, 0.2) is 0 Å². The molecule has 0 saturated carbocycles. The molecule has 4 amide bonds. The number of phenolic OH excluding ortho intramolecular Hbond substituents is 1. The standard InChI is InChI=1S/C42H44BrF3N4O9/c1-41(2,3)59-40(56)50-34(22-25-10-15-29(51)16-11-25)37(53)47-33(21-26-12-17-30(18-13-26)58-24-27-8-6-5-7-9-27)36(52)48-35(38(54)57-4)23-28-14-19-32(31(43)20-28)49-39(55)42(44,45)46/h5-20,33-35,51H,21-24H2,1-4H3,(H,47,53)(H,48,52)(H,49,55)(H,50,56)/t33-,34-,35-/m0/s1. The van der Waals surface area contributed by atoms with Crippen LogP contribution in [0, 0.1) is 0 Å². The number of nitrogens with one attached hydrogen (secondary N) is 4. The summed E-state index contributed by atoms with van der Waals surface area (Å²) < 4.78 is 54.8. The monoisotopic (exact) mass is 884 g/mol. The molecule has 0 spiro atoms. The lowest BCUT2D eigenvalue weighted by Crippen LogP contribution is -2.57. The fraction of sp³-hybridized carbons (Fsp3) is 0.310. The summed E-state index contributed by atoms with van der Waals surface area (Å²) in [6, 6.07) is 22.2. The molecule has 314 valence electrons. The number of ether oxygens (including phenoxy) is 3. The van der Waals surface area contributed by atoms with Crippen LogP contribution in [0.15, 0.2) is 102 Å². The van der Waals surface area contributed by atoms with E-state index in [2.05, 4.69) is 31.9 Å². The highest BCUT2D eigenvalue weighted by molar-refractivity contribution is 9.10. The first-order valence-corrected chi connectivity index (χ1v) is 19.0. The van der Waals surface area contributed by atoms with Gasteiger partial charge in [-0.2, -0.15) is 13.2 Å². The van der Waals surface area contributed by atoms with Crippen LogP contribution in [0.4, 0.5) is 23.7 Å². The van der Waals surface area contributed by atoms with Crippen molar-refractivity contribution in [3.8, 4) is 11.5 Å². The van der Waals surface area contributed by atoms with Gasteiger partial charge in [0, 0.05) is 23.7 Å². The Morgan fingerprint density at radius 2 is 1.22 bits per heavy atom. The average Bonchev–Trinajstić information content (AvgIpc) is 3.17. The molecule has 4 aromatic carbocycles. The van der Waals surface area contributed by atoms with Gasteiger partial charge in [0.05, 0.1) is 12.8 Å². The van der Waals surface area contributed by atoms with E-state index in [0.717, 1.165) is 12.7 Å². The fourth-order valence-corrected chi connectivity index (χ4v) is 6.06. The molecule has 13 nitrogen and oxygen atoms in total. The van der Waals surface area contributed by atoms with Crippen molar-refractivity contribution in [1.29, 1.82) is 0 Å². The molecule has 0 bridgehead atoms. The molecule has 17 heteroatoms. The lowest BCUT2D eigenvalue weighted by atomic mass is 10.0. The van der Waals surface area contributed by atoms with Crippen molar-refractivity contribution in [2.45, 2.75) is 76.5 Å². The smallest absolute Gasteiger partial charge is 0.471 e. The quantitative estimate of drug-likeness (QED) is 0.0808. The van der Waals surface area contributed by atoms with Gasteiger partial charge < -0.3 is 40.6 Å². The average molecular weight is 886 g/mol. The summed E-state index contributed by atoms with van der Waals surface area (Å²) in [5.41, 5.74) is 1.37. The number of alkyl halides is 3. The molecular formula is C42H44BrF3N4O9. The van der Waals surface area contributed by atoms with Crippen LogP contribution < -0.4 is 26.0 Å². The van der Waals surface area contributed by atoms with E-state index in [1.807, 2.05) is 30.3 Å². The minimum absolute atomic E-state index is 0.0141. The molecule has 0 aliphatic rings. The first-order valence-electron chi connectivity index (χ1n) is 18.2. The third-order valence-corrected chi connectivity index (χ3v) is 9.07. The number of carbonyl (C=O) groups excluding carboxylic acids is 5. The SMILES string of the molecule is COC(=O)[C@H](Cc1ccc(NC(=O)C(F)(F)F)c(Br)c1)NC(=O)[C@H](Cc1ccc(OCc2ccccc2)cc1)NC(=O)[C@H](Cc1ccc(O)cc1)NC(=O)OC(C)(C)C. The van der Waals surface area contributed by atoms with Crippen LogP contribution in [0.3, 0.4) is 0 Å². The number of benzene rings is 4. The van der Waals surface area contributed by atoms with E-state index in [1.165, 1.54) is 30.3 Å². The number of esters is 1. The van der Waals surface area contributed by atoms with Gasteiger partial charge >= 0.3 is 24.1 Å². The Kier molecular flexibility index (Phi) is 15.9. The van der Waals surface area contributed by atoms with Crippen molar-refractivity contribution in [1.82, 2.24) is 16.0 Å². The summed E-state index contributed by atoms with van der Waals surface area (Å²) in [6.45, 7) is 5.26. The van der Waals surface area contributed by atoms with Gasteiger partial charge in [-0.15, -0.1) is 0 Å². The third-order valence-electron chi connectivity index (χ3n) is 8.41. The van der Waals surface area contributed by atoms with Crippen molar-refractivity contribution in [3.63, 3.8) is 0 Å². The molecular weight excluding hydrogens is 841 g/mol. The molecule has 4 aromatic rings. The van der Waals surface area contributed by atoms with E-state index in [-0.39, 0.29) is 35.2 Å². The largest absolute Gasteiger partial charge is 0.508 e. The van der Waals surface area contributed by atoms with Crippen LogP contribution in [-0.2, 0) is 54.5 Å². The number of hydrogen-bond donors (Lipinski definition) is 5. The Balaban J connectivity index is 1.60. The second-order valence-corrected chi connectivity index (χ2v) is 15.2. The molecule has 5 N–H and O–H groups in total. The number of anilines is 1. The minimum atomic E-state index is -5.13. The van der Waals surface area contributed by atoms with E-state index in [1.54, 1.807) is 62.5 Å². The van der Waals surface area contributed by atoms with Crippen molar-refractivity contribution < 1.29 is 56.5 Å². The van der Waals surface area contributed by atoms with E-state index in [4.69, 9.17) is 14.2 Å². The van der Waals surface area contributed by atoms with Gasteiger partial charge in [-0.25, -0.2) is 9.59 Å². The van der Waals surface area contributed by atoms with Gasteiger partial charge in [0.1, 0.15) is 41.8 Å². The fourth-order valence-electron chi connectivity index (χ4n) is 5.53. The van der Waals surface area contributed by atoms with Gasteiger partial charge in [-0.3, -0.25) is 14.4 Å². The minimum Gasteiger partial charge on any atom is -0.508 e. The Hall–Kier alpha value is -6.10. The maximum Gasteiger partial charge on any atom is 0.471 e. The second-order valence-electron chi connectivity index (χ2n) is 14.3. The van der Waals surface area contributed by atoms with E-state index >= 15 is 0 Å². The number of phenols is 1. The van der Waals surface area contributed by atoms with E-state index in [0.29, 0.717) is 29.0 Å². The molecule has 0 heterocycles.